The summed E-state index contributed by atoms with van der Waals surface area (Å²) in [6.07, 6.45) is -4.77. The number of ether oxygens (including phenoxy) is 2. The van der Waals surface area contributed by atoms with Crippen LogP contribution in [0.1, 0.15) is 12.5 Å². The first-order chi connectivity index (χ1) is 10.8. The topological polar surface area (TPSA) is 68.7 Å². The molecule has 0 radical (unpaired) electrons. The van der Waals surface area contributed by atoms with Gasteiger partial charge in [0.2, 0.25) is 5.88 Å². The minimum atomic E-state index is -4.45. The van der Waals surface area contributed by atoms with Crippen molar-refractivity contribution in [2.75, 3.05) is 0 Å². The largest absolute Gasteiger partial charge is 1.00 e. The summed E-state index contributed by atoms with van der Waals surface area (Å²) >= 11 is 0. The molecule has 1 aromatic heterocycles. The van der Waals surface area contributed by atoms with Crippen LogP contribution in [0.25, 0.3) is 0 Å². The Balaban J connectivity index is 0.00000288. The number of aromatic nitrogens is 1. The van der Waals surface area contributed by atoms with E-state index in [0.29, 0.717) is 17.7 Å². The first kappa shape index (κ1) is 22.8. The number of rotatable bonds is 5. The lowest BCUT2D eigenvalue weighted by Gasteiger charge is -2.11. The summed E-state index contributed by atoms with van der Waals surface area (Å²) in [7, 11) is 0. The van der Waals surface area contributed by atoms with Crippen LogP contribution in [0.2, 0.25) is 0 Å². The second-order valence-corrected chi connectivity index (χ2v) is 4.55. The first-order valence-electron chi connectivity index (χ1n) is 6.46. The van der Waals surface area contributed by atoms with Crippen LogP contribution >= 0.6 is 12.4 Å². The predicted molar refractivity (Wildman–Crippen MR) is 80.7 cm³/mol. The Morgan fingerprint density at radius 1 is 1.12 bits per heavy atom. The van der Waals surface area contributed by atoms with E-state index in [1.165, 1.54) is 31.2 Å². The van der Waals surface area contributed by atoms with Gasteiger partial charge in [-0.05, 0) is 37.3 Å². The number of carboxylic acids is 1. The van der Waals surface area contributed by atoms with E-state index in [1.807, 2.05) is 0 Å². The Bertz CT molecular complexity index is 679. The van der Waals surface area contributed by atoms with Crippen LogP contribution in [0, 0.1) is 0 Å². The van der Waals surface area contributed by atoms with Gasteiger partial charge in [-0.25, -0.2) is 9.78 Å². The maximum atomic E-state index is 12.4. The number of carbonyl (C=O) groups is 1. The summed E-state index contributed by atoms with van der Waals surface area (Å²) in [5.41, 5.74) is -0.865. The normalized spacial score (nSPS) is 11.5. The molecule has 1 unspecified atom stereocenters. The van der Waals surface area contributed by atoms with Gasteiger partial charge in [-0.3, -0.25) is 0 Å². The Morgan fingerprint density at radius 3 is 2.12 bits per heavy atom. The van der Waals surface area contributed by atoms with Crippen molar-refractivity contribution in [3.63, 3.8) is 0 Å². The van der Waals surface area contributed by atoms with Crippen molar-refractivity contribution in [3.8, 4) is 17.4 Å². The molecule has 25 heavy (non-hydrogen) atoms. The lowest BCUT2D eigenvalue weighted by Crippen LogP contribution is -3.00. The standard InChI is InChI=1S/C15H12F3NO4.2ClH/c1-9(14(20)21)22-11-3-5-12(6-4-11)23-13-7-2-10(8-19-13)15(16,17)18;;/h2-9H,1H3,(H,20,21);2*1H/p-1. The zero-order valence-electron chi connectivity index (χ0n) is 12.7. The van der Waals surface area contributed by atoms with E-state index >= 15 is 0 Å². The third-order valence-electron chi connectivity index (χ3n) is 2.77. The zero-order chi connectivity index (χ0) is 17.0. The van der Waals surface area contributed by atoms with Gasteiger partial charge in [-0.1, -0.05) is 0 Å². The molecule has 1 N–H and O–H groups in total. The number of hydrogen-bond acceptors (Lipinski definition) is 4. The van der Waals surface area contributed by atoms with Gasteiger partial charge < -0.3 is 27.0 Å². The van der Waals surface area contributed by atoms with Crippen LogP contribution in [0.3, 0.4) is 0 Å². The second-order valence-electron chi connectivity index (χ2n) is 4.55. The quantitative estimate of drug-likeness (QED) is 0.818. The Kier molecular flexibility index (Phi) is 8.52. The molecule has 0 spiro atoms. The average molecular weight is 399 g/mol. The van der Waals surface area contributed by atoms with Crippen molar-refractivity contribution in [2.24, 2.45) is 0 Å². The SMILES string of the molecule is CC(Oc1ccc(Oc2ccc(C(F)(F)F)cn2)cc1)C(=O)O.Cl.[Cl-]. The summed E-state index contributed by atoms with van der Waals surface area (Å²) < 4.78 is 47.7. The van der Waals surface area contributed by atoms with E-state index in [4.69, 9.17) is 14.6 Å². The van der Waals surface area contributed by atoms with Gasteiger partial charge in [-0.15, -0.1) is 12.4 Å². The Hall–Kier alpha value is -2.19. The molecule has 1 heterocycles. The monoisotopic (exact) mass is 398 g/mol. The Labute approximate surface area is 153 Å². The number of benzene rings is 1. The van der Waals surface area contributed by atoms with E-state index in [2.05, 4.69) is 4.98 Å². The molecular formula is C15H13Cl2F3NO4-. The van der Waals surface area contributed by atoms with Crippen LogP contribution in [-0.2, 0) is 11.0 Å². The zero-order valence-corrected chi connectivity index (χ0v) is 14.2. The molecule has 0 saturated carbocycles. The lowest BCUT2D eigenvalue weighted by atomic mass is 10.3. The summed E-state index contributed by atoms with van der Waals surface area (Å²) in [4.78, 5) is 14.3. The van der Waals surface area contributed by atoms with Gasteiger partial charge in [0.05, 0.1) is 5.56 Å². The smallest absolute Gasteiger partial charge is 0.417 e. The molecule has 138 valence electrons. The van der Waals surface area contributed by atoms with Gasteiger partial charge in [0, 0.05) is 12.3 Å². The minimum absolute atomic E-state index is 0. The first-order valence-corrected chi connectivity index (χ1v) is 6.46. The summed E-state index contributed by atoms with van der Waals surface area (Å²) in [6.45, 7) is 1.39. The van der Waals surface area contributed by atoms with Crippen molar-refractivity contribution < 1.29 is 45.0 Å². The average Bonchev–Trinajstić information content (AvgIpc) is 2.49. The van der Waals surface area contributed by atoms with Gasteiger partial charge >= 0.3 is 12.1 Å². The molecule has 10 heteroatoms. The van der Waals surface area contributed by atoms with Crippen molar-refractivity contribution in [1.82, 2.24) is 4.98 Å². The maximum Gasteiger partial charge on any atom is 0.417 e. The number of carboxylic acid groups (broad SMARTS) is 1. The van der Waals surface area contributed by atoms with Gasteiger partial charge in [0.15, 0.2) is 6.10 Å². The summed E-state index contributed by atoms with van der Waals surface area (Å²) in [6, 6.07) is 7.93. The highest BCUT2D eigenvalue weighted by Gasteiger charge is 2.30. The van der Waals surface area contributed by atoms with Gasteiger partial charge in [0.25, 0.3) is 0 Å². The van der Waals surface area contributed by atoms with E-state index < -0.39 is 23.8 Å². The molecule has 0 saturated heterocycles. The molecule has 0 fully saturated rings. The molecule has 1 atom stereocenters. The molecule has 1 aromatic carbocycles. The molecule has 0 aliphatic rings. The van der Waals surface area contributed by atoms with Crippen LogP contribution in [0.15, 0.2) is 42.6 Å². The molecule has 2 aromatic rings. The number of halogens is 5. The van der Waals surface area contributed by atoms with Crippen LogP contribution in [-0.4, -0.2) is 22.2 Å². The third-order valence-corrected chi connectivity index (χ3v) is 2.77. The highest BCUT2D eigenvalue weighted by Crippen LogP contribution is 2.30. The molecular weight excluding hydrogens is 386 g/mol. The van der Waals surface area contributed by atoms with Crippen molar-refractivity contribution in [2.45, 2.75) is 19.2 Å². The molecule has 5 nitrogen and oxygen atoms in total. The van der Waals surface area contributed by atoms with Gasteiger partial charge in [0.1, 0.15) is 11.5 Å². The van der Waals surface area contributed by atoms with E-state index in [1.54, 1.807) is 0 Å². The molecule has 0 amide bonds. The maximum absolute atomic E-state index is 12.4. The van der Waals surface area contributed by atoms with Crippen LogP contribution < -0.4 is 21.9 Å². The number of alkyl halides is 3. The Morgan fingerprint density at radius 2 is 1.68 bits per heavy atom. The molecule has 0 aliphatic heterocycles. The van der Waals surface area contributed by atoms with E-state index in [9.17, 15) is 18.0 Å². The number of pyridine rings is 1. The summed E-state index contributed by atoms with van der Waals surface area (Å²) in [5.74, 6) is -0.440. The molecule has 0 aliphatic carbocycles. The van der Waals surface area contributed by atoms with Gasteiger partial charge in [-0.2, -0.15) is 13.2 Å². The number of hydrogen-bond donors (Lipinski definition) is 1. The second kappa shape index (κ2) is 9.33. The van der Waals surface area contributed by atoms with Crippen LogP contribution in [0.4, 0.5) is 13.2 Å². The lowest BCUT2D eigenvalue weighted by molar-refractivity contribution is -0.144. The fourth-order valence-corrected chi connectivity index (χ4v) is 1.57. The van der Waals surface area contributed by atoms with E-state index in [-0.39, 0.29) is 30.7 Å². The highest BCUT2D eigenvalue weighted by atomic mass is 35.5. The van der Waals surface area contributed by atoms with Crippen molar-refractivity contribution >= 4 is 18.4 Å². The minimum Gasteiger partial charge on any atom is -1.00 e. The number of nitrogens with zero attached hydrogens (tertiary/aromatic N) is 1. The fourth-order valence-electron chi connectivity index (χ4n) is 1.57. The predicted octanol–water partition coefficient (Wildman–Crippen LogP) is 1.17. The highest BCUT2D eigenvalue weighted by molar-refractivity contribution is 5.85. The van der Waals surface area contributed by atoms with Crippen molar-refractivity contribution in [1.29, 1.82) is 0 Å². The van der Waals surface area contributed by atoms with E-state index in [0.717, 1.165) is 12.1 Å². The number of aliphatic carboxylic acids is 1. The molecule has 2 rings (SSSR count). The third kappa shape index (κ3) is 6.67. The van der Waals surface area contributed by atoms with Crippen LogP contribution in [0.5, 0.6) is 17.4 Å². The van der Waals surface area contributed by atoms with Crippen molar-refractivity contribution in [3.05, 3.63) is 48.2 Å². The summed E-state index contributed by atoms with van der Waals surface area (Å²) in [5, 5.41) is 8.73. The fraction of sp³-hybridized carbons (Fsp3) is 0.200. The molecule has 0 bridgehead atoms.